The smallest absolute Gasteiger partial charge is 0.141 e. The van der Waals surface area contributed by atoms with Gasteiger partial charge in [0.05, 0.1) is 18.8 Å². The number of alkyl halides is 1. The lowest BCUT2D eigenvalue weighted by atomic mass is 9.72. The van der Waals surface area contributed by atoms with Gasteiger partial charge in [-0.05, 0) is 55.0 Å². The van der Waals surface area contributed by atoms with E-state index in [0.717, 1.165) is 10.9 Å². The number of nitrogens with zero attached hydrogens (tertiary/aromatic N) is 1. The Morgan fingerprint density at radius 3 is 2.70 bits per heavy atom. The van der Waals surface area contributed by atoms with E-state index in [1.165, 1.54) is 19.2 Å². The number of hydrogen-bond donors (Lipinski definition) is 3. The van der Waals surface area contributed by atoms with Gasteiger partial charge in [-0.3, -0.25) is 4.98 Å². The number of ether oxygens (including phenoxy) is 1. The minimum atomic E-state index is -1.68. The summed E-state index contributed by atoms with van der Waals surface area (Å²) in [6.07, 6.45) is 4.12. The zero-order valence-electron chi connectivity index (χ0n) is 17.4. The van der Waals surface area contributed by atoms with Gasteiger partial charge in [-0.15, -0.1) is 0 Å². The Bertz CT molecular complexity index is 1030. The van der Waals surface area contributed by atoms with Crippen LogP contribution in [-0.2, 0) is 5.41 Å². The predicted molar refractivity (Wildman–Crippen MR) is 113 cm³/mol. The zero-order valence-corrected chi connectivity index (χ0v) is 17.4. The van der Waals surface area contributed by atoms with Crippen LogP contribution >= 0.6 is 0 Å². The summed E-state index contributed by atoms with van der Waals surface area (Å²) in [6, 6.07) is 8.06. The molecular weight excluding hydrogens is 388 g/mol. The summed E-state index contributed by atoms with van der Waals surface area (Å²) in [5, 5.41) is 15.6. The monoisotopic (exact) mass is 415 g/mol. The molecule has 0 spiro atoms. The molecule has 1 unspecified atom stereocenters. The number of methoxy groups -OCH3 is 1. The second kappa shape index (κ2) is 7.23. The SMILES string of the molecule is COc1ccc(F)cc1C(C)(C)CC(O)(CNc1cc2ccncc2[nH]1)C1(F)CC1. The number of benzene rings is 1. The number of hydrogen-bond acceptors (Lipinski definition) is 4. The first kappa shape index (κ1) is 20.6. The van der Waals surface area contributed by atoms with Gasteiger partial charge in [0.15, 0.2) is 0 Å². The molecule has 4 rings (SSSR count). The van der Waals surface area contributed by atoms with Crippen LogP contribution < -0.4 is 10.1 Å². The van der Waals surface area contributed by atoms with E-state index < -0.39 is 22.5 Å². The van der Waals surface area contributed by atoms with Gasteiger partial charge in [-0.25, -0.2) is 8.78 Å². The molecule has 0 saturated heterocycles. The number of rotatable bonds is 8. The van der Waals surface area contributed by atoms with Gasteiger partial charge in [-0.1, -0.05) is 13.8 Å². The molecule has 1 saturated carbocycles. The van der Waals surface area contributed by atoms with E-state index in [9.17, 15) is 9.50 Å². The largest absolute Gasteiger partial charge is 0.496 e. The van der Waals surface area contributed by atoms with Crippen LogP contribution in [0.3, 0.4) is 0 Å². The van der Waals surface area contributed by atoms with E-state index in [-0.39, 0.29) is 13.0 Å². The molecule has 3 N–H and O–H groups in total. The molecule has 1 aliphatic carbocycles. The first-order chi connectivity index (χ1) is 14.2. The molecule has 2 heterocycles. The van der Waals surface area contributed by atoms with Crippen LogP contribution in [0.15, 0.2) is 42.7 Å². The number of fused-ring (bicyclic) bond motifs is 1. The molecule has 5 nitrogen and oxygen atoms in total. The van der Waals surface area contributed by atoms with E-state index in [4.69, 9.17) is 4.74 Å². The molecule has 160 valence electrons. The maximum Gasteiger partial charge on any atom is 0.141 e. The van der Waals surface area contributed by atoms with Crippen molar-refractivity contribution in [2.75, 3.05) is 19.0 Å². The average molecular weight is 415 g/mol. The first-order valence-electron chi connectivity index (χ1n) is 10.1. The molecule has 1 aliphatic rings. The second-order valence-corrected chi connectivity index (χ2v) is 8.90. The van der Waals surface area contributed by atoms with Gasteiger partial charge in [0.25, 0.3) is 0 Å². The molecule has 7 heteroatoms. The third-order valence-electron chi connectivity index (χ3n) is 6.14. The minimum absolute atomic E-state index is 0.0187. The van der Waals surface area contributed by atoms with Gasteiger partial charge in [0.2, 0.25) is 0 Å². The lowest BCUT2D eigenvalue weighted by Gasteiger charge is -2.39. The van der Waals surface area contributed by atoms with Crippen molar-refractivity contribution >= 4 is 16.7 Å². The molecule has 1 fully saturated rings. The van der Waals surface area contributed by atoms with Crippen molar-refractivity contribution in [3.63, 3.8) is 0 Å². The zero-order chi connectivity index (χ0) is 21.6. The van der Waals surface area contributed by atoms with E-state index in [0.29, 0.717) is 30.0 Å². The minimum Gasteiger partial charge on any atom is -0.496 e. The van der Waals surface area contributed by atoms with Crippen molar-refractivity contribution in [1.82, 2.24) is 9.97 Å². The fourth-order valence-electron chi connectivity index (χ4n) is 4.30. The Balaban J connectivity index is 1.60. The standard InChI is InChI=1S/C23H27F2N3O2/c1-21(2,17-11-16(24)4-5-19(17)30-3)13-23(29,22(25)7-8-22)14-27-20-10-15-6-9-26-12-18(15)28-20/h4-6,9-12,27-29H,7-8,13-14H2,1-3H3. The van der Waals surface area contributed by atoms with Crippen LogP contribution in [-0.4, -0.2) is 40.0 Å². The van der Waals surface area contributed by atoms with Gasteiger partial charge >= 0.3 is 0 Å². The summed E-state index contributed by atoms with van der Waals surface area (Å²) in [7, 11) is 1.52. The van der Waals surface area contributed by atoms with Gasteiger partial charge < -0.3 is 20.1 Å². The lowest BCUT2D eigenvalue weighted by Crippen LogP contribution is -2.51. The Labute approximate surface area is 174 Å². The van der Waals surface area contributed by atoms with Crippen LogP contribution in [0.5, 0.6) is 5.75 Å². The predicted octanol–water partition coefficient (Wildman–Crippen LogP) is 4.72. The van der Waals surface area contributed by atoms with E-state index in [1.807, 2.05) is 26.0 Å². The second-order valence-electron chi connectivity index (χ2n) is 8.90. The summed E-state index contributed by atoms with van der Waals surface area (Å²) < 4.78 is 34.7. The summed E-state index contributed by atoms with van der Waals surface area (Å²) in [5.41, 5.74) is -2.58. The van der Waals surface area contributed by atoms with E-state index in [1.54, 1.807) is 18.5 Å². The van der Waals surface area contributed by atoms with Gasteiger partial charge in [0, 0.05) is 23.7 Å². The Hall–Kier alpha value is -2.67. The fraction of sp³-hybridized carbons (Fsp3) is 0.435. The van der Waals surface area contributed by atoms with Crippen molar-refractivity contribution < 1.29 is 18.6 Å². The third kappa shape index (κ3) is 3.74. The Morgan fingerprint density at radius 1 is 1.27 bits per heavy atom. The molecule has 1 aromatic carbocycles. The normalized spacial score (nSPS) is 17.5. The number of H-pyrrole nitrogens is 1. The van der Waals surface area contributed by atoms with Crippen molar-refractivity contribution in [2.45, 2.75) is 49.8 Å². The molecule has 1 atom stereocenters. The number of halogens is 2. The molecular formula is C23H27F2N3O2. The van der Waals surface area contributed by atoms with Crippen molar-refractivity contribution in [3.8, 4) is 5.75 Å². The van der Waals surface area contributed by atoms with Crippen LogP contribution in [0.4, 0.5) is 14.6 Å². The average Bonchev–Trinajstić information content (AvgIpc) is 3.33. The van der Waals surface area contributed by atoms with Crippen LogP contribution in [0.2, 0.25) is 0 Å². The molecule has 3 aromatic rings. The molecule has 0 aliphatic heterocycles. The van der Waals surface area contributed by atoms with Gasteiger partial charge in [-0.2, -0.15) is 0 Å². The summed E-state index contributed by atoms with van der Waals surface area (Å²) in [6.45, 7) is 3.76. The Morgan fingerprint density at radius 2 is 2.03 bits per heavy atom. The Kier molecular flexibility index (Phi) is 4.97. The molecule has 0 amide bonds. The first-order valence-corrected chi connectivity index (χ1v) is 10.1. The maximum absolute atomic E-state index is 15.3. The molecule has 30 heavy (non-hydrogen) atoms. The molecule has 0 radical (unpaired) electrons. The highest BCUT2D eigenvalue weighted by atomic mass is 19.1. The number of pyridine rings is 1. The summed E-state index contributed by atoms with van der Waals surface area (Å²) >= 11 is 0. The van der Waals surface area contributed by atoms with Crippen molar-refractivity contribution in [3.05, 3.63) is 54.1 Å². The number of nitrogens with one attached hydrogen (secondary N) is 2. The molecule has 0 bridgehead atoms. The molecule has 2 aromatic heterocycles. The topological polar surface area (TPSA) is 70.2 Å². The summed E-state index contributed by atoms with van der Waals surface area (Å²) in [5.74, 6) is 0.805. The van der Waals surface area contributed by atoms with Crippen molar-refractivity contribution in [2.24, 2.45) is 0 Å². The van der Waals surface area contributed by atoms with Crippen LogP contribution in [0, 0.1) is 5.82 Å². The highest BCUT2D eigenvalue weighted by molar-refractivity contribution is 5.82. The number of aromatic amines is 1. The van der Waals surface area contributed by atoms with Gasteiger partial charge in [0.1, 0.15) is 28.7 Å². The summed E-state index contributed by atoms with van der Waals surface area (Å²) in [4.78, 5) is 7.26. The quantitative estimate of drug-likeness (QED) is 0.498. The number of aliphatic hydroxyl groups is 1. The number of aromatic nitrogens is 2. The van der Waals surface area contributed by atoms with Crippen molar-refractivity contribution in [1.29, 1.82) is 0 Å². The van der Waals surface area contributed by atoms with E-state index >= 15 is 4.39 Å². The third-order valence-corrected chi connectivity index (χ3v) is 6.14. The fourth-order valence-corrected chi connectivity index (χ4v) is 4.30. The highest BCUT2D eigenvalue weighted by Crippen LogP contribution is 2.53. The maximum atomic E-state index is 15.3. The number of anilines is 1. The lowest BCUT2D eigenvalue weighted by molar-refractivity contribution is -0.0588. The highest BCUT2D eigenvalue weighted by Gasteiger charge is 2.61. The van der Waals surface area contributed by atoms with Crippen LogP contribution in [0.25, 0.3) is 10.9 Å². The van der Waals surface area contributed by atoms with E-state index in [2.05, 4.69) is 15.3 Å². The van der Waals surface area contributed by atoms with Crippen LogP contribution in [0.1, 0.15) is 38.7 Å².